The van der Waals surface area contributed by atoms with Crippen molar-refractivity contribution in [3.05, 3.63) is 29.8 Å². The topological polar surface area (TPSA) is 79.1 Å². The van der Waals surface area contributed by atoms with Gasteiger partial charge in [0.2, 0.25) is 0 Å². The van der Waals surface area contributed by atoms with Crippen LogP contribution in [0.4, 0.5) is 0 Å². The van der Waals surface area contributed by atoms with Crippen LogP contribution >= 0.6 is 0 Å². The summed E-state index contributed by atoms with van der Waals surface area (Å²) in [6.45, 7) is 9.50. The van der Waals surface area contributed by atoms with Gasteiger partial charge in [0.05, 0.1) is 46.4 Å². The molecule has 1 aliphatic rings. The zero-order valence-electron chi connectivity index (χ0n) is 15.8. The molecule has 0 saturated carbocycles. The molecule has 1 heterocycles. The lowest BCUT2D eigenvalue weighted by molar-refractivity contribution is 0.0298. The number of aliphatic hydroxyl groups excluding tert-OH is 2. The minimum absolute atomic E-state index is 0.0858. The van der Waals surface area contributed by atoms with Crippen molar-refractivity contribution in [3.8, 4) is 0 Å². The number of nitrogens with zero attached hydrogens (tertiary/aromatic N) is 1. The zero-order valence-corrected chi connectivity index (χ0v) is 16.6. The predicted molar refractivity (Wildman–Crippen MR) is 100 cm³/mol. The Kier molecular flexibility index (Phi) is 6.65. The second kappa shape index (κ2) is 8.16. The highest BCUT2D eigenvalue weighted by atomic mass is 32.2. The first kappa shape index (κ1) is 20.4. The van der Waals surface area contributed by atoms with E-state index in [1.165, 1.54) is 0 Å². The summed E-state index contributed by atoms with van der Waals surface area (Å²) in [5.41, 5.74) is 1.09. The number of hydrogen-bond donors (Lipinski definition) is 2. The van der Waals surface area contributed by atoms with E-state index in [0.29, 0.717) is 4.90 Å². The summed E-state index contributed by atoms with van der Waals surface area (Å²) in [5, 5.41) is 19.8. The molecular weight excluding hydrogens is 338 g/mol. The second-order valence-electron chi connectivity index (χ2n) is 7.45. The maximum atomic E-state index is 13.8. The Morgan fingerprint density at radius 3 is 2.28 bits per heavy atom. The van der Waals surface area contributed by atoms with Gasteiger partial charge in [-0.15, -0.1) is 0 Å². The van der Waals surface area contributed by atoms with Gasteiger partial charge in [0.25, 0.3) is 0 Å². The summed E-state index contributed by atoms with van der Waals surface area (Å²) in [4.78, 5) is 0.655. The van der Waals surface area contributed by atoms with Gasteiger partial charge < -0.3 is 14.9 Å². The minimum atomic E-state index is -2.78. The molecule has 0 bridgehead atoms. The lowest BCUT2D eigenvalue weighted by Gasteiger charge is -2.22. The first-order valence-electron chi connectivity index (χ1n) is 8.93. The van der Waals surface area contributed by atoms with Gasteiger partial charge in [0, 0.05) is 10.8 Å². The molecule has 0 radical (unpaired) electrons. The Bertz CT molecular complexity index is 679. The summed E-state index contributed by atoms with van der Waals surface area (Å²) >= 11 is 0. The van der Waals surface area contributed by atoms with Crippen molar-refractivity contribution in [2.75, 3.05) is 12.4 Å². The molecule has 6 atom stereocenters. The Hall–Kier alpha value is -0.950. The number of hydrogen-bond acceptors (Lipinski definition) is 5. The van der Waals surface area contributed by atoms with Crippen molar-refractivity contribution in [2.45, 2.75) is 63.9 Å². The first-order chi connectivity index (χ1) is 11.7. The van der Waals surface area contributed by atoms with Crippen LogP contribution in [0, 0.1) is 18.8 Å². The molecular formula is C19H31NO4S. The molecule has 0 aromatic heterocycles. The van der Waals surface area contributed by atoms with Gasteiger partial charge in [-0.3, -0.25) is 0 Å². The van der Waals surface area contributed by atoms with Crippen LogP contribution in [0.15, 0.2) is 33.5 Å². The fourth-order valence-corrected chi connectivity index (χ4v) is 5.61. The lowest BCUT2D eigenvalue weighted by atomic mass is 10.0. The van der Waals surface area contributed by atoms with Crippen LogP contribution in [0.25, 0.3) is 0 Å². The van der Waals surface area contributed by atoms with Gasteiger partial charge in [0.15, 0.2) is 0 Å². The van der Waals surface area contributed by atoms with Crippen molar-refractivity contribution in [2.24, 2.45) is 16.2 Å². The normalized spacial score (nSPS) is 30.2. The fraction of sp³-hybridized carbons (Fsp3) is 0.684. The molecule has 1 fully saturated rings. The molecule has 5 nitrogen and oxygen atoms in total. The molecule has 6 heteroatoms. The van der Waals surface area contributed by atoms with Crippen molar-refractivity contribution < 1.29 is 19.2 Å². The lowest BCUT2D eigenvalue weighted by Crippen LogP contribution is -2.30. The monoisotopic (exact) mass is 369 g/mol. The van der Waals surface area contributed by atoms with Gasteiger partial charge in [-0.05, 0) is 31.9 Å². The standard InChI is InChI=1S/C19H31NO4S/c1-12(2)17(10-21)20-25(23,16-8-6-13(3)7-9-16)11-18-14(4)19(22)15(5)24-18/h6-9,12,14-15,17-19,21-22H,10-11H2,1-5H3/t14-,15-,17+,18-,19-,25?/m0/s1. The second-order valence-corrected chi connectivity index (χ2v) is 9.75. The number of rotatable bonds is 6. The summed E-state index contributed by atoms with van der Waals surface area (Å²) in [6.07, 6.45) is -1.17. The Morgan fingerprint density at radius 2 is 1.84 bits per heavy atom. The van der Waals surface area contributed by atoms with Crippen molar-refractivity contribution in [3.63, 3.8) is 0 Å². The predicted octanol–water partition coefficient (Wildman–Crippen LogP) is 2.62. The van der Waals surface area contributed by atoms with Gasteiger partial charge in [0.1, 0.15) is 0 Å². The van der Waals surface area contributed by atoms with Gasteiger partial charge in [-0.1, -0.05) is 38.5 Å². The summed E-state index contributed by atoms with van der Waals surface area (Å²) < 4.78 is 24.3. The highest BCUT2D eigenvalue weighted by Gasteiger charge is 2.40. The fourth-order valence-electron chi connectivity index (χ4n) is 3.08. The summed E-state index contributed by atoms with van der Waals surface area (Å²) in [7, 11) is -2.78. The SMILES string of the molecule is Cc1ccc(S(=O)(C[C@@H]2O[C@@H](C)[C@@H](O)[C@H]2C)=N[C@H](CO)C(C)C)cc1. The van der Waals surface area contributed by atoms with Crippen LogP contribution < -0.4 is 0 Å². The van der Waals surface area contributed by atoms with Gasteiger partial charge in [-0.2, -0.15) is 0 Å². The van der Waals surface area contributed by atoms with E-state index in [0.717, 1.165) is 5.56 Å². The van der Waals surface area contributed by atoms with Crippen molar-refractivity contribution >= 4 is 9.73 Å². The maximum absolute atomic E-state index is 13.8. The van der Waals surface area contributed by atoms with Crippen molar-refractivity contribution in [1.29, 1.82) is 0 Å². The summed E-state index contributed by atoms with van der Waals surface area (Å²) in [5.74, 6) is 0.202. The van der Waals surface area contributed by atoms with E-state index in [-0.39, 0.29) is 36.4 Å². The zero-order chi connectivity index (χ0) is 18.8. The van der Waals surface area contributed by atoms with E-state index in [4.69, 9.17) is 4.74 Å². The highest BCUT2D eigenvalue weighted by Crippen LogP contribution is 2.30. The Balaban J connectivity index is 2.44. The van der Waals surface area contributed by atoms with E-state index in [1.807, 2.05) is 58.9 Å². The average Bonchev–Trinajstić information content (AvgIpc) is 2.80. The van der Waals surface area contributed by atoms with Crippen LogP contribution in [-0.4, -0.2) is 51.1 Å². The largest absolute Gasteiger partial charge is 0.394 e. The third-order valence-electron chi connectivity index (χ3n) is 5.04. The molecule has 1 aromatic carbocycles. The Labute approximate surface area is 151 Å². The van der Waals surface area contributed by atoms with E-state index >= 15 is 0 Å². The number of aliphatic hydroxyl groups is 2. The van der Waals surface area contributed by atoms with Crippen molar-refractivity contribution in [1.82, 2.24) is 0 Å². The quantitative estimate of drug-likeness (QED) is 0.808. The third kappa shape index (κ3) is 4.61. The van der Waals surface area contributed by atoms with Gasteiger partial charge in [-0.25, -0.2) is 8.57 Å². The van der Waals surface area contributed by atoms with E-state index in [2.05, 4.69) is 4.36 Å². The molecule has 1 saturated heterocycles. The molecule has 142 valence electrons. The number of benzene rings is 1. The molecule has 1 unspecified atom stereocenters. The van der Waals surface area contributed by atoms with Crippen LogP contribution in [0.1, 0.15) is 33.3 Å². The highest BCUT2D eigenvalue weighted by molar-refractivity contribution is 7.93. The molecule has 2 rings (SSSR count). The molecule has 2 N–H and O–H groups in total. The molecule has 1 aromatic rings. The van der Waals surface area contributed by atoms with E-state index < -0.39 is 21.9 Å². The van der Waals surface area contributed by atoms with Crippen LogP contribution in [0.2, 0.25) is 0 Å². The van der Waals surface area contributed by atoms with Crippen LogP contribution in [0.3, 0.4) is 0 Å². The van der Waals surface area contributed by atoms with Crippen LogP contribution in [0.5, 0.6) is 0 Å². The molecule has 0 amide bonds. The molecule has 0 spiro atoms. The first-order valence-corrected chi connectivity index (χ1v) is 10.6. The molecule has 25 heavy (non-hydrogen) atoms. The van der Waals surface area contributed by atoms with E-state index in [9.17, 15) is 14.4 Å². The maximum Gasteiger partial charge on any atom is 0.0850 e. The van der Waals surface area contributed by atoms with E-state index in [1.54, 1.807) is 0 Å². The number of aryl methyl sites for hydroxylation is 1. The molecule has 0 aliphatic carbocycles. The smallest absolute Gasteiger partial charge is 0.0850 e. The van der Waals surface area contributed by atoms with Gasteiger partial charge >= 0.3 is 0 Å². The minimum Gasteiger partial charge on any atom is -0.394 e. The van der Waals surface area contributed by atoms with Crippen LogP contribution in [-0.2, 0) is 14.5 Å². The molecule has 1 aliphatic heterocycles. The average molecular weight is 370 g/mol. The summed E-state index contributed by atoms with van der Waals surface area (Å²) in [6, 6.07) is 7.13. The Morgan fingerprint density at radius 1 is 1.24 bits per heavy atom. The number of ether oxygens (including phenoxy) is 1. The third-order valence-corrected chi connectivity index (χ3v) is 7.44.